The number of aryl methyl sites for hydroxylation is 1. The molecule has 1 aliphatic rings. The zero-order valence-corrected chi connectivity index (χ0v) is 18.4. The van der Waals surface area contributed by atoms with Crippen LogP contribution >= 0.6 is 0 Å². The number of aromatic amines is 1. The second-order valence-electron chi connectivity index (χ2n) is 8.63. The molecule has 5 rings (SSSR count). The maximum Gasteiger partial charge on any atom is 0.328 e. The van der Waals surface area contributed by atoms with E-state index in [0.717, 1.165) is 53.8 Å². The molecule has 0 bridgehead atoms. The lowest BCUT2D eigenvalue weighted by molar-refractivity contribution is 0.619. The lowest BCUT2D eigenvalue weighted by Crippen LogP contribution is -2.25. The maximum atomic E-state index is 13.1. The molecule has 3 aromatic heterocycles. The summed E-state index contributed by atoms with van der Waals surface area (Å²) in [5.41, 5.74) is 4.90. The van der Waals surface area contributed by atoms with Crippen molar-refractivity contribution in [2.75, 3.05) is 0 Å². The molecule has 1 aromatic carbocycles. The first kappa shape index (κ1) is 20.4. The van der Waals surface area contributed by atoms with E-state index in [9.17, 15) is 4.79 Å². The molecule has 0 saturated heterocycles. The molecule has 1 N–H and O–H groups in total. The molecule has 8 nitrogen and oxygen atoms in total. The first-order chi connectivity index (χ1) is 15.7. The van der Waals surface area contributed by atoms with E-state index in [0.29, 0.717) is 24.3 Å². The highest BCUT2D eigenvalue weighted by atomic mass is 16.1. The third kappa shape index (κ3) is 3.88. The van der Waals surface area contributed by atoms with E-state index in [1.807, 2.05) is 51.7 Å². The van der Waals surface area contributed by atoms with E-state index in [4.69, 9.17) is 4.98 Å². The van der Waals surface area contributed by atoms with Gasteiger partial charge in [0.2, 0.25) is 0 Å². The molecule has 0 radical (unpaired) electrons. The monoisotopic (exact) mass is 429 g/mol. The van der Waals surface area contributed by atoms with Crippen molar-refractivity contribution in [1.82, 2.24) is 34.7 Å². The molecule has 32 heavy (non-hydrogen) atoms. The molecule has 4 aromatic rings. The zero-order valence-electron chi connectivity index (χ0n) is 18.4. The minimum absolute atomic E-state index is 0.0951. The van der Waals surface area contributed by atoms with Gasteiger partial charge in [-0.25, -0.2) is 9.89 Å². The number of nitrogens with one attached hydrogen (secondary N) is 1. The van der Waals surface area contributed by atoms with Gasteiger partial charge in [-0.05, 0) is 47.2 Å². The van der Waals surface area contributed by atoms with Gasteiger partial charge in [0.15, 0.2) is 5.82 Å². The summed E-state index contributed by atoms with van der Waals surface area (Å²) in [6, 6.07) is 12.3. The van der Waals surface area contributed by atoms with Crippen LogP contribution in [0.5, 0.6) is 0 Å². The summed E-state index contributed by atoms with van der Waals surface area (Å²) in [4.78, 5) is 17.8. The quantitative estimate of drug-likeness (QED) is 0.459. The lowest BCUT2D eigenvalue weighted by Gasteiger charge is -2.09. The summed E-state index contributed by atoms with van der Waals surface area (Å²) in [6.07, 6.45) is 8.13. The predicted octanol–water partition coefficient (Wildman–Crippen LogP) is 3.86. The van der Waals surface area contributed by atoms with Gasteiger partial charge in [0.25, 0.3) is 0 Å². The maximum absolute atomic E-state index is 13.1. The van der Waals surface area contributed by atoms with Crippen LogP contribution in [0.2, 0.25) is 0 Å². The number of nitrogens with zero attached hydrogens (tertiary/aromatic N) is 6. The van der Waals surface area contributed by atoms with Crippen LogP contribution < -0.4 is 5.69 Å². The summed E-state index contributed by atoms with van der Waals surface area (Å²) in [5, 5.41) is 14.2. The van der Waals surface area contributed by atoms with Crippen LogP contribution in [0, 0.1) is 5.92 Å². The Bertz CT molecular complexity index is 1250. The zero-order chi connectivity index (χ0) is 22.1. The van der Waals surface area contributed by atoms with E-state index in [1.165, 1.54) is 0 Å². The minimum atomic E-state index is 0.0951. The van der Waals surface area contributed by atoms with Crippen LogP contribution in [0.15, 0.2) is 53.6 Å². The molecular formula is C24H27N7O. The topological polar surface area (TPSA) is 94.3 Å². The van der Waals surface area contributed by atoms with E-state index in [-0.39, 0.29) is 5.69 Å². The van der Waals surface area contributed by atoms with Gasteiger partial charge in [0.1, 0.15) is 0 Å². The number of benzene rings is 1. The second kappa shape index (κ2) is 8.53. The summed E-state index contributed by atoms with van der Waals surface area (Å²) >= 11 is 0. The first-order valence-corrected chi connectivity index (χ1v) is 11.2. The smallest absolute Gasteiger partial charge is 0.296 e. The molecule has 8 heteroatoms. The Balaban J connectivity index is 1.43. The number of imidazole rings is 1. The van der Waals surface area contributed by atoms with Gasteiger partial charge in [-0.1, -0.05) is 50.6 Å². The molecule has 1 aliphatic carbocycles. The van der Waals surface area contributed by atoms with Crippen LogP contribution in [0.3, 0.4) is 0 Å². The first-order valence-electron chi connectivity index (χ1n) is 11.2. The normalized spacial score (nSPS) is 17.6. The molecule has 3 heterocycles. The highest BCUT2D eigenvalue weighted by molar-refractivity contribution is 5.78. The summed E-state index contributed by atoms with van der Waals surface area (Å²) in [7, 11) is 0. The Hall–Kier alpha value is -3.55. The largest absolute Gasteiger partial charge is 0.328 e. The van der Waals surface area contributed by atoms with E-state index < -0.39 is 0 Å². The Kier molecular flexibility index (Phi) is 5.43. The number of hydrogen-bond acceptors (Lipinski definition) is 5. The van der Waals surface area contributed by atoms with Crippen molar-refractivity contribution < 1.29 is 0 Å². The van der Waals surface area contributed by atoms with Crippen molar-refractivity contribution in [3.05, 3.63) is 70.5 Å². The summed E-state index contributed by atoms with van der Waals surface area (Å²) in [5.74, 6) is 1.19. The molecular weight excluding hydrogens is 402 g/mol. The van der Waals surface area contributed by atoms with Crippen molar-refractivity contribution in [2.24, 2.45) is 5.92 Å². The SMILES string of the molecule is CCCCc1cn(C2CC2C)c(=O)n1Cc1ccc(-c2ccccc2-c2nnn[nH]2)nc1. The molecule has 1 fully saturated rings. The molecule has 1 saturated carbocycles. The lowest BCUT2D eigenvalue weighted by atomic mass is 10.0. The second-order valence-corrected chi connectivity index (χ2v) is 8.63. The van der Waals surface area contributed by atoms with E-state index in [2.05, 4.69) is 40.7 Å². The van der Waals surface area contributed by atoms with E-state index >= 15 is 0 Å². The standard InChI is InChI=1S/C24H27N7O/c1-3-4-7-18-15-31(22-12-16(22)2)24(32)30(18)14-17-10-11-21(25-13-17)19-8-5-6-9-20(19)23-26-28-29-27-23/h5-6,8-11,13,15-16,22H,3-4,7,12,14H2,1-2H3,(H,26,27,28,29). The van der Waals surface area contributed by atoms with Gasteiger partial charge in [0, 0.05) is 35.3 Å². The van der Waals surface area contributed by atoms with Crippen LogP contribution in [0.4, 0.5) is 0 Å². The van der Waals surface area contributed by atoms with Crippen molar-refractivity contribution in [1.29, 1.82) is 0 Å². The minimum Gasteiger partial charge on any atom is -0.296 e. The highest BCUT2D eigenvalue weighted by Gasteiger charge is 2.36. The van der Waals surface area contributed by atoms with Crippen LogP contribution in [-0.4, -0.2) is 34.7 Å². The molecule has 2 atom stereocenters. The average Bonchev–Trinajstić information content (AvgIpc) is 3.20. The highest BCUT2D eigenvalue weighted by Crippen LogP contribution is 2.41. The van der Waals surface area contributed by atoms with Crippen molar-refractivity contribution in [2.45, 2.75) is 52.1 Å². The number of unbranched alkanes of at least 4 members (excludes halogenated alkanes) is 1. The number of tetrazole rings is 1. The van der Waals surface area contributed by atoms with Crippen LogP contribution in [0.1, 0.15) is 50.4 Å². The van der Waals surface area contributed by atoms with Gasteiger partial charge < -0.3 is 0 Å². The number of H-pyrrole nitrogens is 1. The van der Waals surface area contributed by atoms with E-state index in [1.54, 1.807) is 0 Å². The predicted molar refractivity (Wildman–Crippen MR) is 122 cm³/mol. The number of aromatic nitrogens is 7. The van der Waals surface area contributed by atoms with Gasteiger partial charge in [0.05, 0.1) is 12.2 Å². The fraction of sp³-hybridized carbons (Fsp3) is 0.375. The number of pyridine rings is 1. The molecule has 164 valence electrons. The van der Waals surface area contributed by atoms with Gasteiger partial charge in [-0.2, -0.15) is 0 Å². The Morgan fingerprint density at radius 3 is 2.62 bits per heavy atom. The number of hydrogen-bond donors (Lipinski definition) is 1. The fourth-order valence-electron chi connectivity index (χ4n) is 4.25. The fourth-order valence-corrected chi connectivity index (χ4v) is 4.25. The molecule has 2 unspecified atom stereocenters. The van der Waals surface area contributed by atoms with Gasteiger partial charge in [-0.15, -0.1) is 5.10 Å². The van der Waals surface area contributed by atoms with Gasteiger partial charge in [-0.3, -0.25) is 14.1 Å². The Labute approximate surface area is 186 Å². The summed E-state index contributed by atoms with van der Waals surface area (Å²) in [6.45, 7) is 4.92. The van der Waals surface area contributed by atoms with Gasteiger partial charge >= 0.3 is 5.69 Å². The van der Waals surface area contributed by atoms with Crippen LogP contribution in [-0.2, 0) is 13.0 Å². The summed E-state index contributed by atoms with van der Waals surface area (Å²) < 4.78 is 3.87. The molecule has 0 amide bonds. The van der Waals surface area contributed by atoms with Crippen molar-refractivity contribution in [3.8, 4) is 22.6 Å². The van der Waals surface area contributed by atoms with Crippen LogP contribution in [0.25, 0.3) is 22.6 Å². The average molecular weight is 430 g/mol. The number of rotatable bonds is 8. The molecule has 0 spiro atoms. The van der Waals surface area contributed by atoms with Crippen molar-refractivity contribution in [3.63, 3.8) is 0 Å². The third-order valence-corrected chi connectivity index (χ3v) is 6.27. The molecule has 0 aliphatic heterocycles. The third-order valence-electron chi connectivity index (χ3n) is 6.27. The Morgan fingerprint density at radius 1 is 1.16 bits per heavy atom. The van der Waals surface area contributed by atoms with Crippen molar-refractivity contribution >= 4 is 0 Å². The Morgan fingerprint density at radius 2 is 1.97 bits per heavy atom.